The highest BCUT2D eigenvalue weighted by molar-refractivity contribution is 5.99. The van der Waals surface area contributed by atoms with Gasteiger partial charge in [-0.3, -0.25) is 14.9 Å². The Morgan fingerprint density at radius 3 is 2.54 bits per heavy atom. The van der Waals surface area contributed by atoms with Gasteiger partial charge in [0.25, 0.3) is 17.3 Å². The predicted molar refractivity (Wildman–Crippen MR) is 84.2 cm³/mol. The Kier molecular flexibility index (Phi) is 4.26. The molecule has 0 radical (unpaired) electrons. The normalized spacial score (nSPS) is 28.5. The zero-order valence-corrected chi connectivity index (χ0v) is 13.7. The molecule has 10 heteroatoms. The zero-order chi connectivity index (χ0) is 19.3. The smallest absolute Gasteiger partial charge is 0.362 e. The van der Waals surface area contributed by atoms with Crippen LogP contribution in [0.1, 0.15) is 36.5 Å². The maximum Gasteiger partial charge on any atom is 0.439 e. The molecule has 3 rings (SSSR count). The Labute approximate surface area is 146 Å². The molecule has 140 valence electrons. The number of nitro groups is 1. The number of non-ortho nitro benzene ring substituents is 1. The molecule has 0 saturated heterocycles. The molecule has 2 aliphatic rings. The number of rotatable bonds is 2. The minimum absolute atomic E-state index is 0.0396. The summed E-state index contributed by atoms with van der Waals surface area (Å²) in [7, 11) is 0. The van der Waals surface area contributed by atoms with Crippen LogP contribution in [0.4, 0.5) is 18.9 Å². The first-order chi connectivity index (χ1) is 12.1. The van der Waals surface area contributed by atoms with Crippen LogP contribution in [0.15, 0.2) is 29.4 Å². The summed E-state index contributed by atoms with van der Waals surface area (Å²) >= 11 is 0. The molecule has 0 bridgehead atoms. The van der Waals surface area contributed by atoms with E-state index in [2.05, 4.69) is 5.10 Å². The number of aliphatic hydroxyl groups is 1. The van der Waals surface area contributed by atoms with Gasteiger partial charge in [-0.15, -0.1) is 0 Å². The van der Waals surface area contributed by atoms with Crippen molar-refractivity contribution < 1.29 is 28.0 Å². The highest BCUT2D eigenvalue weighted by Gasteiger charge is 2.68. The number of fused-ring (bicyclic) bond motifs is 1. The zero-order valence-electron chi connectivity index (χ0n) is 13.7. The second-order valence-corrected chi connectivity index (χ2v) is 6.67. The lowest BCUT2D eigenvalue weighted by Crippen LogP contribution is -2.61. The minimum Gasteiger partial charge on any atom is -0.362 e. The van der Waals surface area contributed by atoms with Crippen LogP contribution < -0.4 is 0 Å². The number of hydrogen-bond acceptors (Lipinski definition) is 5. The molecule has 1 heterocycles. The molecule has 1 amide bonds. The lowest BCUT2D eigenvalue weighted by Gasteiger charge is -2.39. The van der Waals surface area contributed by atoms with E-state index >= 15 is 0 Å². The fourth-order valence-corrected chi connectivity index (χ4v) is 3.46. The number of halogens is 3. The van der Waals surface area contributed by atoms with Crippen molar-refractivity contribution in [2.75, 3.05) is 0 Å². The molecule has 1 aromatic carbocycles. The van der Waals surface area contributed by atoms with E-state index in [1.165, 1.54) is 0 Å². The molecule has 1 fully saturated rings. The molecule has 1 aromatic rings. The SMILES string of the molecule is C[C@@H]1CCC2=NN(C(=O)c3ccc([N+](=O)[O-])cc3)[C@@](O)(C(F)(F)F)[C@@H]2C1. The fourth-order valence-electron chi connectivity index (χ4n) is 3.46. The number of carbonyl (C=O) groups excluding carboxylic acids is 1. The number of alkyl halides is 3. The first-order valence-electron chi connectivity index (χ1n) is 8.01. The maximum absolute atomic E-state index is 13.7. The van der Waals surface area contributed by atoms with Gasteiger partial charge in [0.1, 0.15) is 0 Å². The van der Waals surface area contributed by atoms with E-state index in [1.54, 1.807) is 6.92 Å². The third-order valence-electron chi connectivity index (χ3n) is 4.91. The number of amides is 1. The van der Waals surface area contributed by atoms with Gasteiger partial charge in [-0.2, -0.15) is 23.3 Å². The molecule has 1 aliphatic carbocycles. The molecular formula is C16H16F3N3O4. The maximum atomic E-state index is 13.7. The van der Waals surface area contributed by atoms with Gasteiger partial charge in [-0.05, 0) is 37.3 Å². The Morgan fingerprint density at radius 1 is 1.38 bits per heavy atom. The van der Waals surface area contributed by atoms with E-state index in [9.17, 15) is 33.2 Å². The summed E-state index contributed by atoms with van der Waals surface area (Å²) in [6.45, 7) is 1.79. The summed E-state index contributed by atoms with van der Waals surface area (Å²) in [5, 5.41) is 25.1. The molecule has 1 saturated carbocycles. The van der Waals surface area contributed by atoms with Crippen LogP contribution in [-0.2, 0) is 0 Å². The fraction of sp³-hybridized carbons (Fsp3) is 0.500. The first-order valence-corrected chi connectivity index (χ1v) is 8.01. The van der Waals surface area contributed by atoms with Crippen LogP contribution in [0.2, 0.25) is 0 Å². The molecule has 1 aliphatic heterocycles. The summed E-state index contributed by atoms with van der Waals surface area (Å²) < 4.78 is 41.2. The van der Waals surface area contributed by atoms with Gasteiger partial charge in [0.05, 0.1) is 10.8 Å². The van der Waals surface area contributed by atoms with E-state index < -0.39 is 28.6 Å². The van der Waals surface area contributed by atoms with Crippen molar-refractivity contribution in [2.45, 2.75) is 38.1 Å². The second kappa shape index (κ2) is 6.04. The van der Waals surface area contributed by atoms with Crippen LogP contribution >= 0.6 is 0 Å². The third-order valence-corrected chi connectivity index (χ3v) is 4.91. The van der Waals surface area contributed by atoms with Crippen LogP contribution in [0, 0.1) is 22.0 Å². The molecule has 1 N–H and O–H groups in total. The topological polar surface area (TPSA) is 96.0 Å². The number of nitrogens with zero attached hydrogens (tertiary/aromatic N) is 3. The average Bonchev–Trinajstić information content (AvgIpc) is 2.88. The third kappa shape index (κ3) is 2.74. The van der Waals surface area contributed by atoms with Gasteiger partial charge >= 0.3 is 6.18 Å². The Balaban J connectivity index is 2.00. The molecule has 3 atom stereocenters. The van der Waals surface area contributed by atoms with E-state index in [-0.39, 0.29) is 40.7 Å². The number of nitro benzene ring substituents is 1. The number of benzene rings is 1. The van der Waals surface area contributed by atoms with E-state index in [0.29, 0.717) is 6.42 Å². The molecule has 7 nitrogen and oxygen atoms in total. The van der Waals surface area contributed by atoms with Crippen molar-refractivity contribution in [1.82, 2.24) is 5.01 Å². The first kappa shape index (κ1) is 18.3. The largest absolute Gasteiger partial charge is 0.439 e. The minimum atomic E-state index is -5.10. The summed E-state index contributed by atoms with van der Waals surface area (Å²) in [5.74, 6) is -2.51. The van der Waals surface area contributed by atoms with Crippen LogP contribution in [-0.4, -0.2) is 38.6 Å². The Hall–Kier alpha value is -2.49. The molecule has 26 heavy (non-hydrogen) atoms. The highest BCUT2D eigenvalue weighted by Crippen LogP contribution is 2.49. The van der Waals surface area contributed by atoms with Crippen molar-refractivity contribution in [3.05, 3.63) is 39.9 Å². The monoisotopic (exact) mass is 371 g/mol. The standard InChI is InChI=1S/C16H16F3N3O4/c1-9-2-7-13-12(8-9)15(24,16(17,18)19)21(20-13)14(23)10-3-5-11(6-4-10)22(25)26/h3-6,9,12,24H,2,7-8H2,1H3/t9-,12-,15+/m1/s1. The van der Waals surface area contributed by atoms with Gasteiger partial charge in [-0.25, -0.2) is 0 Å². The summed E-state index contributed by atoms with van der Waals surface area (Å²) in [4.78, 5) is 22.6. The summed E-state index contributed by atoms with van der Waals surface area (Å²) in [6, 6.07) is 4.11. The van der Waals surface area contributed by atoms with Crippen molar-refractivity contribution in [3.8, 4) is 0 Å². The van der Waals surface area contributed by atoms with E-state index in [0.717, 1.165) is 24.3 Å². The van der Waals surface area contributed by atoms with E-state index in [4.69, 9.17) is 0 Å². The van der Waals surface area contributed by atoms with Crippen molar-refractivity contribution >= 4 is 17.3 Å². The Morgan fingerprint density at radius 2 is 2.00 bits per heavy atom. The highest BCUT2D eigenvalue weighted by atomic mass is 19.4. The Bertz CT molecular complexity index is 778. The molecule has 0 aromatic heterocycles. The number of carbonyl (C=O) groups is 1. The van der Waals surface area contributed by atoms with Crippen molar-refractivity contribution in [2.24, 2.45) is 16.9 Å². The van der Waals surface area contributed by atoms with E-state index in [1.807, 2.05) is 0 Å². The van der Waals surface area contributed by atoms with Crippen molar-refractivity contribution in [3.63, 3.8) is 0 Å². The predicted octanol–water partition coefficient (Wildman–Crippen LogP) is 3.09. The molecular weight excluding hydrogens is 355 g/mol. The van der Waals surface area contributed by atoms with Gasteiger partial charge in [0.15, 0.2) is 0 Å². The summed E-state index contributed by atoms with van der Waals surface area (Å²) in [5.41, 5.74) is -3.80. The van der Waals surface area contributed by atoms with Crippen molar-refractivity contribution in [1.29, 1.82) is 0 Å². The van der Waals surface area contributed by atoms with Crippen LogP contribution in [0.3, 0.4) is 0 Å². The molecule has 0 spiro atoms. The quantitative estimate of drug-likeness (QED) is 0.638. The van der Waals surface area contributed by atoms with Crippen LogP contribution in [0.25, 0.3) is 0 Å². The number of hydrogen-bond donors (Lipinski definition) is 1. The average molecular weight is 371 g/mol. The lowest BCUT2D eigenvalue weighted by molar-refractivity contribution is -0.384. The summed E-state index contributed by atoms with van der Waals surface area (Å²) in [6.07, 6.45) is -4.13. The van der Waals surface area contributed by atoms with Gasteiger partial charge in [0, 0.05) is 23.4 Å². The van der Waals surface area contributed by atoms with Crippen LogP contribution in [0.5, 0.6) is 0 Å². The lowest BCUT2D eigenvalue weighted by atomic mass is 9.76. The second-order valence-electron chi connectivity index (χ2n) is 6.67. The number of hydrazone groups is 1. The van der Waals surface area contributed by atoms with Gasteiger partial charge in [0.2, 0.25) is 0 Å². The van der Waals surface area contributed by atoms with Gasteiger partial charge < -0.3 is 5.11 Å². The van der Waals surface area contributed by atoms with Gasteiger partial charge in [-0.1, -0.05) is 6.92 Å². The molecule has 0 unspecified atom stereocenters.